The first kappa shape index (κ1) is 14.2. The number of rotatable bonds is 5. The molecule has 2 rings (SSSR count). The molecule has 20 heavy (non-hydrogen) atoms. The van der Waals surface area contributed by atoms with Crippen molar-refractivity contribution in [3.63, 3.8) is 0 Å². The number of nitrogens with zero attached hydrogens (tertiary/aromatic N) is 1. The summed E-state index contributed by atoms with van der Waals surface area (Å²) in [4.78, 5) is 22.8. The first-order valence-corrected chi connectivity index (χ1v) is 6.61. The van der Waals surface area contributed by atoms with Crippen LogP contribution in [0.15, 0.2) is 29.1 Å². The molecule has 1 N–H and O–H groups in total. The van der Waals surface area contributed by atoms with Gasteiger partial charge in [0.25, 0.3) is 5.56 Å². The molecule has 0 unspecified atom stereocenters. The molecule has 0 fully saturated rings. The van der Waals surface area contributed by atoms with Crippen molar-refractivity contribution in [2.45, 2.75) is 32.7 Å². The van der Waals surface area contributed by atoms with E-state index < -0.39 is 11.8 Å². The lowest BCUT2D eigenvalue weighted by Crippen LogP contribution is -2.20. The smallest absolute Gasteiger partial charge is 0.335 e. The van der Waals surface area contributed by atoms with Gasteiger partial charge in [0, 0.05) is 18.0 Å². The molecule has 1 aromatic carbocycles. The number of carboxylic acids is 1. The Balaban J connectivity index is 2.59. The van der Waals surface area contributed by atoms with Crippen molar-refractivity contribution < 1.29 is 14.3 Å². The molecule has 0 amide bonds. The van der Waals surface area contributed by atoms with Crippen LogP contribution in [0.2, 0.25) is 0 Å². The largest absolute Gasteiger partial charge is 0.478 e. The highest BCUT2D eigenvalue weighted by Gasteiger charge is 2.12. The number of hydrogen-bond donors (Lipinski definition) is 1. The lowest BCUT2D eigenvalue weighted by molar-refractivity contribution is 0.0696. The summed E-state index contributed by atoms with van der Waals surface area (Å²) in [6.07, 6.45) is 2.75. The number of fused-ring (bicyclic) bond motifs is 1. The van der Waals surface area contributed by atoms with E-state index >= 15 is 0 Å². The third kappa shape index (κ3) is 2.71. The summed E-state index contributed by atoms with van der Waals surface area (Å²) < 4.78 is 15.5. The monoisotopic (exact) mass is 277 g/mol. The first-order valence-electron chi connectivity index (χ1n) is 6.61. The van der Waals surface area contributed by atoms with Gasteiger partial charge in [0.1, 0.15) is 5.82 Å². The fourth-order valence-electron chi connectivity index (χ4n) is 2.26. The number of carbonyl (C=O) groups is 1. The van der Waals surface area contributed by atoms with Gasteiger partial charge in [0.15, 0.2) is 0 Å². The fourth-order valence-corrected chi connectivity index (χ4v) is 2.26. The second-order valence-corrected chi connectivity index (χ2v) is 4.73. The van der Waals surface area contributed by atoms with Crippen LogP contribution >= 0.6 is 0 Å². The highest BCUT2D eigenvalue weighted by atomic mass is 19.1. The van der Waals surface area contributed by atoms with E-state index in [-0.39, 0.29) is 16.6 Å². The summed E-state index contributed by atoms with van der Waals surface area (Å²) >= 11 is 0. The van der Waals surface area contributed by atoms with Crippen molar-refractivity contribution in [1.29, 1.82) is 0 Å². The van der Waals surface area contributed by atoms with Crippen molar-refractivity contribution in [2.24, 2.45) is 0 Å². The molecule has 4 nitrogen and oxygen atoms in total. The first-order chi connectivity index (χ1) is 9.54. The van der Waals surface area contributed by atoms with E-state index in [4.69, 9.17) is 5.11 Å². The molecule has 1 heterocycles. The van der Waals surface area contributed by atoms with Crippen molar-refractivity contribution >= 4 is 16.9 Å². The van der Waals surface area contributed by atoms with E-state index in [9.17, 15) is 14.0 Å². The number of halogens is 1. The van der Waals surface area contributed by atoms with Gasteiger partial charge in [-0.15, -0.1) is 0 Å². The van der Waals surface area contributed by atoms with E-state index in [0.29, 0.717) is 11.9 Å². The lowest BCUT2D eigenvalue weighted by atomic mass is 10.1. The van der Waals surface area contributed by atoms with Crippen LogP contribution in [-0.4, -0.2) is 15.6 Å². The lowest BCUT2D eigenvalue weighted by Gasteiger charge is -2.11. The zero-order valence-corrected chi connectivity index (χ0v) is 11.2. The molecule has 0 bridgehead atoms. The van der Waals surface area contributed by atoms with Gasteiger partial charge >= 0.3 is 5.97 Å². The summed E-state index contributed by atoms with van der Waals surface area (Å²) in [5.41, 5.74) is -0.206. The number of unbranched alkanes of at least 4 members (excludes halogenated alkanes) is 2. The summed E-state index contributed by atoms with van der Waals surface area (Å²) in [5.74, 6) is -1.86. The van der Waals surface area contributed by atoms with Crippen LogP contribution in [-0.2, 0) is 6.54 Å². The average molecular weight is 277 g/mol. The maximum absolute atomic E-state index is 14.1. The topological polar surface area (TPSA) is 59.3 Å². The number of aromatic nitrogens is 1. The van der Waals surface area contributed by atoms with Crippen LogP contribution in [0.3, 0.4) is 0 Å². The minimum absolute atomic E-state index is 0.117. The zero-order valence-electron chi connectivity index (χ0n) is 11.2. The Morgan fingerprint density at radius 3 is 2.70 bits per heavy atom. The Labute approximate surface area is 115 Å². The molecule has 106 valence electrons. The second kappa shape index (κ2) is 5.86. The van der Waals surface area contributed by atoms with Gasteiger partial charge in [-0.25, -0.2) is 9.18 Å². The Bertz CT molecular complexity index is 706. The van der Waals surface area contributed by atoms with Gasteiger partial charge in [0.05, 0.1) is 11.1 Å². The Hall–Kier alpha value is -2.17. The van der Waals surface area contributed by atoms with E-state index in [2.05, 4.69) is 0 Å². The molecule has 5 heteroatoms. The Morgan fingerprint density at radius 2 is 2.05 bits per heavy atom. The van der Waals surface area contributed by atoms with Crippen molar-refractivity contribution in [2.75, 3.05) is 0 Å². The maximum Gasteiger partial charge on any atom is 0.335 e. The van der Waals surface area contributed by atoms with Crippen LogP contribution in [0.4, 0.5) is 4.39 Å². The molecular formula is C15H16FNO3. The van der Waals surface area contributed by atoms with E-state index in [1.165, 1.54) is 22.8 Å². The van der Waals surface area contributed by atoms with Crippen LogP contribution in [0.1, 0.15) is 36.5 Å². The number of carboxylic acid groups (broad SMARTS) is 1. The molecule has 0 radical (unpaired) electrons. The van der Waals surface area contributed by atoms with E-state index in [0.717, 1.165) is 25.3 Å². The highest BCUT2D eigenvalue weighted by molar-refractivity contribution is 5.93. The number of hydrogen-bond acceptors (Lipinski definition) is 2. The van der Waals surface area contributed by atoms with Crippen LogP contribution < -0.4 is 5.56 Å². The molecule has 0 spiro atoms. The minimum Gasteiger partial charge on any atom is -0.478 e. The normalized spacial score (nSPS) is 10.9. The van der Waals surface area contributed by atoms with E-state index in [1.807, 2.05) is 6.92 Å². The van der Waals surface area contributed by atoms with Gasteiger partial charge in [-0.3, -0.25) is 4.79 Å². The second-order valence-electron chi connectivity index (χ2n) is 4.73. The number of benzene rings is 1. The van der Waals surface area contributed by atoms with Crippen molar-refractivity contribution in [3.8, 4) is 0 Å². The molecular weight excluding hydrogens is 261 g/mol. The quantitative estimate of drug-likeness (QED) is 0.854. The predicted molar refractivity (Wildman–Crippen MR) is 74.7 cm³/mol. The Morgan fingerprint density at radius 1 is 1.30 bits per heavy atom. The van der Waals surface area contributed by atoms with Gasteiger partial charge in [-0.2, -0.15) is 0 Å². The van der Waals surface area contributed by atoms with E-state index in [1.54, 1.807) is 0 Å². The number of pyridine rings is 1. The van der Waals surface area contributed by atoms with Gasteiger partial charge in [0.2, 0.25) is 0 Å². The van der Waals surface area contributed by atoms with Crippen LogP contribution in [0.25, 0.3) is 10.9 Å². The highest BCUT2D eigenvalue weighted by Crippen LogP contribution is 2.19. The number of aryl methyl sites for hydroxylation is 1. The fraction of sp³-hybridized carbons (Fsp3) is 0.333. The minimum atomic E-state index is -1.19. The maximum atomic E-state index is 14.1. The molecule has 0 aliphatic heterocycles. The Kier molecular flexibility index (Phi) is 4.17. The molecule has 0 aliphatic rings. The summed E-state index contributed by atoms with van der Waals surface area (Å²) in [6.45, 7) is 2.49. The zero-order chi connectivity index (χ0) is 14.7. The van der Waals surface area contributed by atoms with Crippen LogP contribution in [0.5, 0.6) is 0 Å². The third-order valence-corrected chi connectivity index (χ3v) is 3.27. The molecule has 2 aromatic rings. The summed E-state index contributed by atoms with van der Waals surface area (Å²) in [6, 6.07) is 5.15. The summed E-state index contributed by atoms with van der Waals surface area (Å²) in [5, 5.41) is 9.36. The van der Waals surface area contributed by atoms with Crippen molar-refractivity contribution in [3.05, 3.63) is 46.0 Å². The van der Waals surface area contributed by atoms with Crippen LogP contribution in [0, 0.1) is 5.82 Å². The molecule has 1 aromatic heterocycles. The molecule has 0 atom stereocenters. The van der Waals surface area contributed by atoms with Gasteiger partial charge in [-0.05, 0) is 24.6 Å². The third-order valence-electron chi connectivity index (χ3n) is 3.27. The average Bonchev–Trinajstić information content (AvgIpc) is 2.41. The molecule has 0 saturated heterocycles. The van der Waals surface area contributed by atoms with Gasteiger partial charge in [-0.1, -0.05) is 19.8 Å². The SMILES string of the molecule is CCCCCn1c(=O)ccc2cc(C(=O)O)cc(F)c21. The predicted octanol–water partition coefficient (Wildman–Crippen LogP) is 3.03. The van der Waals surface area contributed by atoms with Crippen molar-refractivity contribution in [1.82, 2.24) is 4.57 Å². The van der Waals surface area contributed by atoms with Gasteiger partial charge < -0.3 is 9.67 Å². The summed E-state index contributed by atoms with van der Waals surface area (Å²) in [7, 11) is 0. The molecule has 0 aliphatic carbocycles. The molecule has 0 saturated carbocycles. The standard InChI is InChI=1S/C15H16FNO3/c1-2-3-4-7-17-13(18)6-5-10-8-11(15(19)20)9-12(16)14(10)17/h5-6,8-9H,2-4,7H2,1H3,(H,19,20). The number of aromatic carboxylic acids is 1.